The number of nitrogens with one attached hydrogen (secondary N) is 1. The molecule has 1 aliphatic heterocycles. The quantitative estimate of drug-likeness (QED) is 0.917. The number of rotatable bonds is 4. The highest BCUT2D eigenvalue weighted by Crippen LogP contribution is 2.28. The molecule has 88 valence electrons. The standard InChI is InChI=1S/C13H18BrNO/c1-10(11-5-3-4-6-12(11)14)15-7-13(2)8-16-9-13/h3-6,10,15H,7-9H2,1-2H3/t10-/m1/s1. The van der Waals surface area contributed by atoms with Gasteiger partial charge < -0.3 is 10.1 Å². The van der Waals surface area contributed by atoms with Gasteiger partial charge >= 0.3 is 0 Å². The van der Waals surface area contributed by atoms with Gasteiger partial charge in [0.15, 0.2) is 0 Å². The van der Waals surface area contributed by atoms with Gasteiger partial charge in [0, 0.05) is 22.5 Å². The zero-order valence-electron chi connectivity index (χ0n) is 9.79. The van der Waals surface area contributed by atoms with Crippen molar-refractivity contribution >= 4 is 15.9 Å². The smallest absolute Gasteiger partial charge is 0.0554 e. The van der Waals surface area contributed by atoms with E-state index in [1.165, 1.54) is 10.0 Å². The van der Waals surface area contributed by atoms with E-state index in [1.807, 2.05) is 6.07 Å². The molecule has 1 aromatic rings. The molecule has 1 heterocycles. The summed E-state index contributed by atoms with van der Waals surface area (Å²) in [5.74, 6) is 0. The highest BCUT2D eigenvalue weighted by molar-refractivity contribution is 9.10. The van der Waals surface area contributed by atoms with Crippen molar-refractivity contribution in [2.75, 3.05) is 19.8 Å². The molecule has 0 amide bonds. The van der Waals surface area contributed by atoms with E-state index in [2.05, 4.69) is 53.3 Å². The van der Waals surface area contributed by atoms with Crippen LogP contribution >= 0.6 is 15.9 Å². The van der Waals surface area contributed by atoms with Crippen molar-refractivity contribution in [2.24, 2.45) is 5.41 Å². The van der Waals surface area contributed by atoms with Gasteiger partial charge in [0.05, 0.1) is 13.2 Å². The van der Waals surface area contributed by atoms with Gasteiger partial charge in [-0.1, -0.05) is 41.1 Å². The summed E-state index contributed by atoms with van der Waals surface area (Å²) >= 11 is 3.58. The number of benzene rings is 1. The van der Waals surface area contributed by atoms with Crippen LogP contribution in [0.2, 0.25) is 0 Å². The van der Waals surface area contributed by atoms with Crippen molar-refractivity contribution in [3.63, 3.8) is 0 Å². The lowest BCUT2D eigenvalue weighted by molar-refractivity contribution is -0.0999. The van der Waals surface area contributed by atoms with Crippen LogP contribution in [0, 0.1) is 5.41 Å². The fourth-order valence-electron chi connectivity index (χ4n) is 1.89. The van der Waals surface area contributed by atoms with Crippen LogP contribution in [-0.2, 0) is 4.74 Å². The van der Waals surface area contributed by atoms with Gasteiger partial charge in [-0.25, -0.2) is 0 Å². The maximum Gasteiger partial charge on any atom is 0.0554 e. The minimum atomic E-state index is 0.329. The highest BCUT2D eigenvalue weighted by atomic mass is 79.9. The summed E-state index contributed by atoms with van der Waals surface area (Å²) in [6.45, 7) is 7.22. The van der Waals surface area contributed by atoms with Crippen molar-refractivity contribution in [3.8, 4) is 0 Å². The summed E-state index contributed by atoms with van der Waals surface area (Å²) in [6.07, 6.45) is 0. The molecule has 16 heavy (non-hydrogen) atoms. The van der Waals surface area contributed by atoms with E-state index < -0.39 is 0 Å². The molecule has 0 saturated carbocycles. The van der Waals surface area contributed by atoms with E-state index in [1.54, 1.807) is 0 Å². The van der Waals surface area contributed by atoms with Gasteiger partial charge in [-0.3, -0.25) is 0 Å². The van der Waals surface area contributed by atoms with Crippen LogP contribution in [0.25, 0.3) is 0 Å². The van der Waals surface area contributed by atoms with Crippen LogP contribution in [0.15, 0.2) is 28.7 Å². The third kappa shape index (κ3) is 2.65. The largest absolute Gasteiger partial charge is 0.380 e. The van der Waals surface area contributed by atoms with Gasteiger partial charge in [0.2, 0.25) is 0 Å². The monoisotopic (exact) mass is 283 g/mol. The summed E-state index contributed by atoms with van der Waals surface area (Å²) in [7, 11) is 0. The molecule has 0 aromatic heterocycles. The molecule has 0 bridgehead atoms. The first kappa shape index (κ1) is 12.1. The zero-order valence-corrected chi connectivity index (χ0v) is 11.4. The first-order valence-electron chi connectivity index (χ1n) is 5.66. The first-order chi connectivity index (χ1) is 7.61. The van der Waals surface area contributed by atoms with E-state index in [0.717, 1.165) is 19.8 Å². The third-order valence-corrected chi connectivity index (χ3v) is 3.83. The van der Waals surface area contributed by atoms with Crippen molar-refractivity contribution in [1.29, 1.82) is 0 Å². The summed E-state index contributed by atoms with van der Waals surface area (Å²) in [6, 6.07) is 8.73. The summed E-state index contributed by atoms with van der Waals surface area (Å²) in [5, 5.41) is 3.57. The Bertz CT molecular complexity index is 363. The summed E-state index contributed by atoms with van der Waals surface area (Å²) in [5.41, 5.74) is 1.64. The van der Waals surface area contributed by atoms with Crippen molar-refractivity contribution < 1.29 is 4.74 Å². The van der Waals surface area contributed by atoms with Crippen molar-refractivity contribution in [1.82, 2.24) is 5.32 Å². The Morgan fingerprint density at radius 3 is 2.69 bits per heavy atom. The predicted molar refractivity (Wildman–Crippen MR) is 69.5 cm³/mol. The Morgan fingerprint density at radius 2 is 2.12 bits per heavy atom. The first-order valence-corrected chi connectivity index (χ1v) is 6.46. The molecule has 3 heteroatoms. The van der Waals surface area contributed by atoms with Crippen LogP contribution in [0.3, 0.4) is 0 Å². The Labute approximate surface area is 106 Å². The van der Waals surface area contributed by atoms with Crippen LogP contribution in [0.1, 0.15) is 25.5 Å². The lowest BCUT2D eigenvalue weighted by atomic mass is 9.88. The Kier molecular flexibility index (Phi) is 3.67. The SMILES string of the molecule is C[C@@H](NCC1(C)COC1)c1ccccc1Br. The Balaban J connectivity index is 1.93. The Morgan fingerprint density at radius 1 is 1.44 bits per heavy atom. The topological polar surface area (TPSA) is 21.3 Å². The van der Waals surface area contributed by atoms with Gasteiger partial charge in [-0.2, -0.15) is 0 Å². The maximum absolute atomic E-state index is 5.25. The van der Waals surface area contributed by atoms with Crippen LogP contribution in [0.4, 0.5) is 0 Å². The summed E-state index contributed by atoms with van der Waals surface area (Å²) < 4.78 is 6.42. The van der Waals surface area contributed by atoms with Crippen molar-refractivity contribution in [3.05, 3.63) is 34.3 Å². The average Bonchev–Trinajstić information content (AvgIpc) is 2.24. The molecule has 0 radical (unpaired) electrons. The van der Waals surface area contributed by atoms with E-state index >= 15 is 0 Å². The number of halogens is 1. The molecule has 2 nitrogen and oxygen atoms in total. The normalized spacial score (nSPS) is 20.2. The molecule has 1 fully saturated rings. The molecule has 1 aliphatic rings. The lowest BCUT2D eigenvalue weighted by Crippen LogP contribution is -2.47. The molecule has 0 spiro atoms. The fourth-order valence-corrected chi connectivity index (χ4v) is 2.52. The molecule has 0 aliphatic carbocycles. The van der Waals surface area contributed by atoms with Crippen LogP contribution in [0.5, 0.6) is 0 Å². The number of hydrogen-bond donors (Lipinski definition) is 1. The maximum atomic E-state index is 5.25. The third-order valence-electron chi connectivity index (χ3n) is 3.11. The van der Waals surface area contributed by atoms with E-state index in [0.29, 0.717) is 11.5 Å². The zero-order chi connectivity index (χ0) is 11.6. The molecular weight excluding hydrogens is 266 g/mol. The molecule has 1 aromatic carbocycles. The van der Waals surface area contributed by atoms with Gasteiger partial charge in [-0.15, -0.1) is 0 Å². The van der Waals surface area contributed by atoms with E-state index in [9.17, 15) is 0 Å². The van der Waals surface area contributed by atoms with Gasteiger partial charge in [0.1, 0.15) is 0 Å². The van der Waals surface area contributed by atoms with E-state index in [-0.39, 0.29) is 0 Å². The second kappa shape index (κ2) is 4.86. The predicted octanol–water partition coefficient (Wildman–Crippen LogP) is 3.14. The van der Waals surface area contributed by atoms with Gasteiger partial charge in [0.25, 0.3) is 0 Å². The second-order valence-electron chi connectivity index (χ2n) is 4.93. The number of ether oxygens (including phenoxy) is 1. The fraction of sp³-hybridized carbons (Fsp3) is 0.538. The lowest BCUT2D eigenvalue weighted by Gasteiger charge is -2.39. The summed E-state index contributed by atoms with van der Waals surface area (Å²) in [4.78, 5) is 0. The Hall–Kier alpha value is -0.380. The highest BCUT2D eigenvalue weighted by Gasteiger charge is 2.33. The molecule has 1 saturated heterocycles. The van der Waals surface area contributed by atoms with Crippen molar-refractivity contribution in [2.45, 2.75) is 19.9 Å². The minimum Gasteiger partial charge on any atom is -0.380 e. The van der Waals surface area contributed by atoms with Crippen LogP contribution < -0.4 is 5.32 Å². The molecule has 2 rings (SSSR count). The molecule has 1 N–H and O–H groups in total. The van der Waals surface area contributed by atoms with Crippen LogP contribution in [-0.4, -0.2) is 19.8 Å². The molecule has 1 atom stereocenters. The van der Waals surface area contributed by atoms with Gasteiger partial charge in [-0.05, 0) is 18.6 Å². The molecule has 0 unspecified atom stereocenters. The minimum absolute atomic E-state index is 0.329. The van der Waals surface area contributed by atoms with E-state index in [4.69, 9.17) is 4.74 Å². The number of hydrogen-bond acceptors (Lipinski definition) is 2. The molecular formula is C13H18BrNO. The second-order valence-corrected chi connectivity index (χ2v) is 5.78. The average molecular weight is 284 g/mol.